The minimum Gasteiger partial charge on any atom is -0.461 e. The average Bonchev–Trinajstić information content (AvgIpc) is 3.06. The van der Waals surface area contributed by atoms with Crippen LogP contribution < -0.4 is 11.9 Å². The molecule has 0 radical (unpaired) electrons. The molecule has 0 aliphatic heterocycles. The first-order chi connectivity index (χ1) is 11.3. The Morgan fingerprint density at radius 1 is 1.08 bits per heavy atom. The molecule has 0 unspecified atom stereocenters. The molecule has 1 amide bonds. The number of aliphatic hydroxyl groups is 1. The number of aliphatic hydroxyl groups excluding tert-OH is 1. The average molecular weight is 598 g/mol. The van der Waals surface area contributed by atoms with E-state index in [-0.39, 0.29) is 17.6 Å². The van der Waals surface area contributed by atoms with Crippen molar-refractivity contribution in [1.29, 1.82) is 0 Å². The molecule has 0 aromatic carbocycles. The highest BCUT2D eigenvalue weighted by atomic mass is 127. The highest BCUT2D eigenvalue weighted by Gasteiger charge is 2.15. The van der Waals surface area contributed by atoms with Crippen LogP contribution in [0.3, 0.4) is 0 Å². The standard InChI is InChI=1S/C7H9IN2O2.C5H6IN3O.CH4O.H3N.H2O/c1-3-12-7(11)5-4(2)6(8)10-9-5;1-2-3(5(7)10)8-9-4(2)6;1-2;;/h3H2,1-2H3,(H,9,10);1H3,(H2,7,10)(H,8,9);2H,1H3;1H3;1H2. The molecule has 13 heteroatoms. The second-order valence-electron chi connectivity index (χ2n) is 4.11. The molecule has 2 rings (SSSR count). The zero-order valence-electron chi connectivity index (χ0n) is 14.8. The summed E-state index contributed by atoms with van der Waals surface area (Å²) in [6.07, 6.45) is 0. The summed E-state index contributed by atoms with van der Waals surface area (Å²) in [7, 11) is 1.00. The van der Waals surface area contributed by atoms with Crippen molar-refractivity contribution in [3.05, 3.63) is 29.9 Å². The summed E-state index contributed by atoms with van der Waals surface area (Å²) in [6, 6.07) is 0. The summed E-state index contributed by atoms with van der Waals surface area (Å²) in [5.74, 6) is -0.856. The number of carbonyl (C=O) groups excluding carboxylic acids is 2. The van der Waals surface area contributed by atoms with Crippen molar-refractivity contribution in [2.75, 3.05) is 13.7 Å². The Bertz CT molecular complexity index is 689. The molecule has 0 bridgehead atoms. The number of aromatic nitrogens is 4. The molecule has 10 N–H and O–H groups in total. The van der Waals surface area contributed by atoms with Gasteiger partial charge in [0.15, 0.2) is 11.4 Å². The number of halogens is 2. The van der Waals surface area contributed by atoms with Crippen LogP contribution in [0.25, 0.3) is 0 Å². The number of nitrogens with two attached hydrogens (primary N) is 1. The predicted octanol–water partition coefficient (Wildman–Crippen LogP) is 0.867. The summed E-state index contributed by atoms with van der Waals surface area (Å²) < 4.78 is 6.52. The minimum atomic E-state index is -0.489. The van der Waals surface area contributed by atoms with Gasteiger partial charge in [0.25, 0.3) is 5.91 Å². The molecule has 0 saturated carbocycles. The maximum Gasteiger partial charge on any atom is 0.359 e. The molecule has 0 aliphatic rings. The number of rotatable bonds is 3. The summed E-state index contributed by atoms with van der Waals surface area (Å²) in [5, 5.41) is 19.9. The fourth-order valence-corrected chi connectivity index (χ4v) is 2.14. The van der Waals surface area contributed by atoms with Crippen LogP contribution in [0.5, 0.6) is 0 Å². The van der Waals surface area contributed by atoms with E-state index in [1.165, 1.54) is 0 Å². The Morgan fingerprint density at radius 2 is 1.46 bits per heavy atom. The highest BCUT2D eigenvalue weighted by Crippen LogP contribution is 2.12. The number of hydrogen-bond acceptors (Lipinski definition) is 7. The van der Waals surface area contributed by atoms with Gasteiger partial charge >= 0.3 is 5.97 Å². The fourth-order valence-electron chi connectivity index (χ4n) is 1.39. The second kappa shape index (κ2) is 14.8. The number of H-pyrrole nitrogens is 2. The molecule has 2 aromatic rings. The van der Waals surface area contributed by atoms with Gasteiger partial charge in [0.2, 0.25) is 0 Å². The van der Waals surface area contributed by atoms with Gasteiger partial charge in [-0.1, -0.05) is 0 Å². The number of nitrogens with one attached hydrogen (secondary N) is 2. The van der Waals surface area contributed by atoms with E-state index in [0.717, 1.165) is 25.6 Å². The van der Waals surface area contributed by atoms with Gasteiger partial charge < -0.3 is 27.2 Å². The molecule has 0 spiro atoms. The first kappa shape index (κ1) is 29.5. The van der Waals surface area contributed by atoms with Crippen LogP contribution in [-0.2, 0) is 4.74 Å². The van der Waals surface area contributed by atoms with Gasteiger partial charge in [0, 0.05) is 18.2 Å². The molecular formula is C13H24I2N6O5. The third-order valence-electron chi connectivity index (χ3n) is 2.60. The van der Waals surface area contributed by atoms with Gasteiger partial charge in [0.05, 0.1) is 14.0 Å². The number of amides is 1. The summed E-state index contributed by atoms with van der Waals surface area (Å²) in [5.41, 5.74) is 7.36. The Hall–Kier alpha value is -1.30. The Labute approximate surface area is 178 Å². The van der Waals surface area contributed by atoms with Crippen LogP contribution >= 0.6 is 45.2 Å². The summed E-state index contributed by atoms with van der Waals surface area (Å²) in [4.78, 5) is 21.7. The molecule has 150 valence electrons. The number of ether oxygens (including phenoxy) is 1. The van der Waals surface area contributed by atoms with E-state index in [1.807, 2.05) is 6.92 Å². The molecule has 0 atom stereocenters. The molecule has 11 nitrogen and oxygen atoms in total. The van der Waals surface area contributed by atoms with Gasteiger partial charge in [-0.3, -0.25) is 15.0 Å². The van der Waals surface area contributed by atoms with E-state index in [0.29, 0.717) is 18.0 Å². The number of primary amides is 1. The molecule has 0 aliphatic carbocycles. The van der Waals surface area contributed by atoms with Crippen LogP contribution in [0.4, 0.5) is 0 Å². The molecule has 2 aromatic heterocycles. The van der Waals surface area contributed by atoms with Crippen molar-refractivity contribution in [2.45, 2.75) is 20.8 Å². The lowest BCUT2D eigenvalue weighted by atomic mass is 10.3. The number of aromatic amines is 2. The first-order valence-corrected chi connectivity index (χ1v) is 8.77. The molecule has 26 heavy (non-hydrogen) atoms. The third-order valence-corrected chi connectivity index (χ3v) is 4.70. The highest BCUT2D eigenvalue weighted by molar-refractivity contribution is 14.1. The van der Waals surface area contributed by atoms with Gasteiger partial charge in [-0.2, -0.15) is 10.2 Å². The van der Waals surface area contributed by atoms with E-state index in [2.05, 4.69) is 65.6 Å². The van der Waals surface area contributed by atoms with Crippen LogP contribution in [0.1, 0.15) is 39.0 Å². The third kappa shape index (κ3) is 8.39. The lowest BCUT2D eigenvalue weighted by molar-refractivity contribution is 0.0518. The lowest BCUT2D eigenvalue weighted by Gasteiger charge is -1.97. The van der Waals surface area contributed by atoms with E-state index in [4.69, 9.17) is 15.6 Å². The number of carbonyl (C=O) groups is 2. The van der Waals surface area contributed by atoms with E-state index in [1.54, 1.807) is 13.8 Å². The Morgan fingerprint density at radius 3 is 1.69 bits per heavy atom. The first-order valence-electron chi connectivity index (χ1n) is 6.62. The SMILES string of the molecule is CCOC(=O)c1n[nH]c(I)c1C.CO.Cc1c(C(N)=O)n[nH]c1I.N.O. The molecule has 0 fully saturated rings. The van der Waals surface area contributed by atoms with Crippen LogP contribution in [0, 0.1) is 21.2 Å². The van der Waals surface area contributed by atoms with E-state index >= 15 is 0 Å². The Kier molecular flexibility index (Phi) is 16.8. The zero-order valence-corrected chi connectivity index (χ0v) is 19.1. The normalized spacial score (nSPS) is 8.58. The van der Waals surface area contributed by atoms with Crippen LogP contribution in [-0.4, -0.2) is 56.6 Å². The largest absolute Gasteiger partial charge is 0.461 e. The number of hydrogen-bond donors (Lipinski definition) is 5. The van der Waals surface area contributed by atoms with Crippen molar-refractivity contribution >= 4 is 57.1 Å². The van der Waals surface area contributed by atoms with Gasteiger partial charge in [-0.25, -0.2) is 4.79 Å². The summed E-state index contributed by atoms with van der Waals surface area (Å²) in [6.45, 7) is 5.77. The fraction of sp³-hybridized carbons (Fsp3) is 0.385. The van der Waals surface area contributed by atoms with Crippen molar-refractivity contribution in [2.24, 2.45) is 5.73 Å². The van der Waals surface area contributed by atoms with Crippen LogP contribution in [0.15, 0.2) is 0 Å². The second-order valence-corrected chi connectivity index (χ2v) is 6.26. The minimum absolute atomic E-state index is 0. The summed E-state index contributed by atoms with van der Waals surface area (Å²) >= 11 is 4.13. The van der Waals surface area contributed by atoms with Gasteiger partial charge in [0.1, 0.15) is 0 Å². The van der Waals surface area contributed by atoms with E-state index < -0.39 is 5.91 Å². The lowest BCUT2D eigenvalue weighted by Crippen LogP contribution is -2.12. The Balaban J connectivity index is -0.000000350. The van der Waals surface area contributed by atoms with Gasteiger partial charge in [-0.05, 0) is 66.0 Å². The molecule has 2 heterocycles. The zero-order chi connectivity index (χ0) is 18.9. The maximum atomic E-state index is 11.2. The van der Waals surface area contributed by atoms with Crippen molar-refractivity contribution in [1.82, 2.24) is 26.5 Å². The van der Waals surface area contributed by atoms with Crippen molar-refractivity contribution in [3.63, 3.8) is 0 Å². The van der Waals surface area contributed by atoms with Gasteiger partial charge in [-0.15, -0.1) is 0 Å². The topological polar surface area (TPSA) is 213 Å². The number of nitrogens with zero attached hydrogens (tertiary/aromatic N) is 2. The van der Waals surface area contributed by atoms with E-state index in [9.17, 15) is 9.59 Å². The smallest absolute Gasteiger partial charge is 0.359 e. The van der Waals surface area contributed by atoms with Crippen molar-refractivity contribution in [3.8, 4) is 0 Å². The molecule has 0 saturated heterocycles. The monoisotopic (exact) mass is 598 g/mol. The van der Waals surface area contributed by atoms with Crippen LogP contribution in [0.2, 0.25) is 0 Å². The predicted molar refractivity (Wildman–Crippen MR) is 113 cm³/mol. The number of esters is 1. The van der Waals surface area contributed by atoms with Crippen molar-refractivity contribution < 1.29 is 24.9 Å². The molecular weight excluding hydrogens is 574 g/mol. The quantitative estimate of drug-likeness (QED) is 0.254. The maximum absolute atomic E-state index is 11.2.